The molecule has 2 aliphatic rings. The summed E-state index contributed by atoms with van der Waals surface area (Å²) in [6.45, 7) is 4.41. The molecule has 4 nitrogen and oxygen atoms in total. The van der Waals surface area contributed by atoms with Gasteiger partial charge in [-0.3, -0.25) is 4.79 Å². The van der Waals surface area contributed by atoms with E-state index in [2.05, 4.69) is 10.6 Å². The highest BCUT2D eigenvalue weighted by Gasteiger charge is 2.46. The number of benzene rings is 3. The van der Waals surface area contributed by atoms with Gasteiger partial charge in [-0.05, 0) is 85.4 Å². The van der Waals surface area contributed by atoms with Crippen LogP contribution in [-0.2, 0) is 5.54 Å². The standard InChI is InChI=1S/C22H20FNO2.C3H7N/c1-14-6-8-17(26-2)13-19(14)21(25)24-22(10-11-22)20-5-3-4-15-12-16(23)7-9-18(15)20;1-2-4-3-1/h3-9,12-13H,10-11H2,1-2H3,(H,24,25);4H,1-3H2. The Labute approximate surface area is 176 Å². The van der Waals surface area contributed by atoms with E-state index in [1.807, 2.05) is 37.3 Å². The highest BCUT2D eigenvalue weighted by atomic mass is 19.1. The normalized spacial score (nSPS) is 16.1. The number of rotatable bonds is 4. The molecule has 1 saturated carbocycles. The molecule has 2 N–H and O–H groups in total. The maximum Gasteiger partial charge on any atom is 0.252 e. The molecule has 0 spiro atoms. The molecule has 1 amide bonds. The van der Waals surface area contributed by atoms with E-state index in [1.165, 1.54) is 31.6 Å². The van der Waals surface area contributed by atoms with E-state index in [4.69, 9.17) is 4.74 Å². The van der Waals surface area contributed by atoms with E-state index < -0.39 is 0 Å². The third-order valence-corrected chi connectivity index (χ3v) is 5.86. The summed E-state index contributed by atoms with van der Waals surface area (Å²) in [5.74, 6) is 0.291. The Hall–Kier alpha value is -2.92. The minimum atomic E-state index is -0.385. The highest BCUT2D eigenvalue weighted by Crippen LogP contribution is 2.48. The zero-order chi connectivity index (χ0) is 21.1. The minimum Gasteiger partial charge on any atom is -0.497 e. The van der Waals surface area contributed by atoms with Crippen LogP contribution in [0.5, 0.6) is 5.75 Å². The molecule has 1 heterocycles. The monoisotopic (exact) mass is 406 g/mol. The molecule has 0 aromatic heterocycles. The number of ether oxygens (including phenoxy) is 1. The molecule has 0 radical (unpaired) electrons. The van der Waals surface area contributed by atoms with E-state index in [0.29, 0.717) is 11.3 Å². The maximum atomic E-state index is 13.5. The molecule has 0 bridgehead atoms. The van der Waals surface area contributed by atoms with Crippen LogP contribution >= 0.6 is 0 Å². The molecule has 156 valence electrons. The fourth-order valence-corrected chi connectivity index (χ4v) is 3.69. The second-order valence-corrected chi connectivity index (χ2v) is 7.99. The number of methoxy groups -OCH3 is 1. The van der Waals surface area contributed by atoms with Crippen molar-refractivity contribution < 1.29 is 13.9 Å². The summed E-state index contributed by atoms with van der Waals surface area (Å²) in [5, 5.41) is 8.15. The number of aryl methyl sites for hydroxylation is 1. The summed E-state index contributed by atoms with van der Waals surface area (Å²) < 4.78 is 18.8. The second-order valence-electron chi connectivity index (χ2n) is 7.99. The number of carbonyl (C=O) groups excluding carboxylic acids is 1. The van der Waals surface area contributed by atoms with Crippen LogP contribution in [0.4, 0.5) is 4.39 Å². The first kappa shape index (κ1) is 20.4. The Morgan fingerprint density at radius 2 is 1.83 bits per heavy atom. The summed E-state index contributed by atoms with van der Waals surface area (Å²) in [4.78, 5) is 12.9. The number of amides is 1. The van der Waals surface area contributed by atoms with Crippen LogP contribution in [0.3, 0.4) is 0 Å². The molecule has 0 atom stereocenters. The molecule has 1 saturated heterocycles. The van der Waals surface area contributed by atoms with Crippen LogP contribution in [0.2, 0.25) is 0 Å². The lowest BCUT2D eigenvalue weighted by atomic mass is 9.96. The molecule has 0 unspecified atom stereocenters. The number of hydrogen-bond donors (Lipinski definition) is 2. The van der Waals surface area contributed by atoms with Crippen LogP contribution in [0, 0.1) is 12.7 Å². The van der Waals surface area contributed by atoms with Gasteiger partial charge in [-0.15, -0.1) is 0 Å². The number of hydrogen-bond acceptors (Lipinski definition) is 3. The van der Waals surface area contributed by atoms with Gasteiger partial charge in [0.1, 0.15) is 11.6 Å². The van der Waals surface area contributed by atoms with Crippen LogP contribution in [0.15, 0.2) is 54.6 Å². The van der Waals surface area contributed by atoms with Gasteiger partial charge in [-0.2, -0.15) is 0 Å². The largest absolute Gasteiger partial charge is 0.497 e. The minimum absolute atomic E-state index is 0.113. The summed E-state index contributed by atoms with van der Waals surface area (Å²) in [6, 6.07) is 16.1. The molecule has 2 fully saturated rings. The van der Waals surface area contributed by atoms with Gasteiger partial charge >= 0.3 is 0 Å². The first-order valence-electron chi connectivity index (χ1n) is 10.4. The third kappa shape index (κ3) is 4.17. The van der Waals surface area contributed by atoms with Gasteiger partial charge in [0.2, 0.25) is 0 Å². The zero-order valence-electron chi connectivity index (χ0n) is 17.4. The van der Waals surface area contributed by atoms with Crippen molar-refractivity contribution in [3.05, 3.63) is 77.1 Å². The molecular weight excluding hydrogens is 379 g/mol. The van der Waals surface area contributed by atoms with Crippen molar-refractivity contribution in [1.82, 2.24) is 10.6 Å². The SMILES string of the molecule is C1CNC1.COc1ccc(C)c(C(=O)NC2(c3cccc4cc(F)ccc34)CC2)c1. The van der Waals surface area contributed by atoms with Crippen LogP contribution in [-0.4, -0.2) is 26.1 Å². The lowest BCUT2D eigenvalue weighted by Crippen LogP contribution is -2.35. The molecular formula is C25H27FN2O2. The van der Waals surface area contributed by atoms with Gasteiger partial charge in [0.15, 0.2) is 0 Å². The average molecular weight is 407 g/mol. The van der Waals surface area contributed by atoms with Crippen molar-refractivity contribution in [2.24, 2.45) is 0 Å². The Morgan fingerprint density at radius 1 is 1.10 bits per heavy atom. The topological polar surface area (TPSA) is 50.4 Å². The van der Waals surface area contributed by atoms with Gasteiger partial charge in [0.25, 0.3) is 5.91 Å². The highest BCUT2D eigenvalue weighted by molar-refractivity contribution is 5.97. The first-order chi connectivity index (χ1) is 14.5. The smallest absolute Gasteiger partial charge is 0.252 e. The van der Waals surface area contributed by atoms with E-state index in [-0.39, 0.29) is 17.3 Å². The van der Waals surface area contributed by atoms with Crippen LogP contribution in [0.1, 0.15) is 40.7 Å². The predicted molar refractivity (Wildman–Crippen MR) is 118 cm³/mol. The van der Waals surface area contributed by atoms with Crippen molar-refractivity contribution in [1.29, 1.82) is 0 Å². The molecule has 1 aliphatic carbocycles. The molecule has 5 heteroatoms. The maximum absolute atomic E-state index is 13.5. The number of nitrogens with one attached hydrogen (secondary N) is 2. The Kier molecular flexibility index (Phi) is 5.73. The molecule has 3 aromatic rings. The zero-order valence-corrected chi connectivity index (χ0v) is 17.4. The van der Waals surface area contributed by atoms with Crippen molar-refractivity contribution in [2.75, 3.05) is 20.2 Å². The van der Waals surface area contributed by atoms with E-state index in [9.17, 15) is 9.18 Å². The van der Waals surface area contributed by atoms with Crippen molar-refractivity contribution in [3.63, 3.8) is 0 Å². The Bertz CT molecular complexity index is 1070. The lowest BCUT2D eigenvalue weighted by Gasteiger charge is -2.21. The quantitative estimate of drug-likeness (QED) is 0.661. The van der Waals surface area contributed by atoms with Gasteiger partial charge in [-0.1, -0.05) is 30.3 Å². The molecule has 1 aliphatic heterocycles. The number of carbonyl (C=O) groups is 1. The fraction of sp³-hybridized carbons (Fsp3) is 0.320. The summed E-state index contributed by atoms with van der Waals surface area (Å²) in [6.07, 6.45) is 3.14. The average Bonchev–Trinajstić information content (AvgIpc) is 3.46. The second kappa shape index (κ2) is 8.44. The van der Waals surface area contributed by atoms with E-state index in [0.717, 1.165) is 34.7 Å². The molecule has 30 heavy (non-hydrogen) atoms. The summed E-state index contributed by atoms with van der Waals surface area (Å²) in [5.41, 5.74) is 2.18. The third-order valence-electron chi connectivity index (χ3n) is 5.86. The Balaban J connectivity index is 0.000000489. The molecule has 5 rings (SSSR count). The van der Waals surface area contributed by atoms with Gasteiger partial charge in [0.05, 0.1) is 12.6 Å². The predicted octanol–water partition coefficient (Wildman–Crippen LogP) is 4.69. The van der Waals surface area contributed by atoms with Crippen LogP contribution in [0.25, 0.3) is 10.8 Å². The number of halogens is 1. The van der Waals surface area contributed by atoms with E-state index >= 15 is 0 Å². The van der Waals surface area contributed by atoms with Gasteiger partial charge in [-0.25, -0.2) is 4.39 Å². The van der Waals surface area contributed by atoms with Crippen molar-refractivity contribution in [3.8, 4) is 5.75 Å². The van der Waals surface area contributed by atoms with E-state index in [1.54, 1.807) is 19.2 Å². The lowest BCUT2D eigenvalue weighted by molar-refractivity contribution is 0.0930. The summed E-state index contributed by atoms with van der Waals surface area (Å²) in [7, 11) is 1.59. The van der Waals surface area contributed by atoms with Crippen molar-refractivity contribution >= 4 is 16.7 Å². The van der Waals surface area contributed by atoms with Crippen molar-refractivity contribution in [2.45, 2.75) is 31.7 Å². The van der Waals surface area contributed by atoms with Gasteiger partial charge in [0, 0.05) is 5.56 Å². The first-order valence-corrected chi connectivity index (χ1v) is 10.4. The molecule has 3 aromatic carbocycles. The fourth-order valence-electron chi connectivity index (χ4n) is 3.69. The van der Waals surface area contributed by atoms with Gasteiger partial charge < -0.3 is 15.4 Å². The number of fused-ring (bicyclic) bond motifs is 1. The Morgan fingerprint density at radius 3 is 2.47 bits per heavy atom. The van der Waals surface area contributed by atoms with Crippen LogP contribution < -0.4 is 15.4 Å². The summed E-state index contributed by atoms with van der Waals surface area (Å²) >= 11 is 0.